The van der Waals surface area contributed by atoms with E-state index in [1.54, 1.807) is 33.9 Å². The zero-order valence-electron chi connectivity index (χ0n) is 13.7. The summed E-state index contributed by atoms with van der Waals surface area (Å²) in [6.07, 6.45) is 3.63. The Bertz CT molecular complexity index is 900. The number of nitrogens with zero attached hydrogens (tertiary/aromatic N) is 3. The maximum atomic E-state index is 12.8. The lowest BCUT2D eigenvalue weighted by atomic mass is 10.2. The van der Waals surface area contributed by atoms with Crippen LogP contribution in [0.3, 0.4) is 0 Å². The quantitative estimate of drug-likeness (QED) is 0.521. The molecule has 0 saturated heterocycles. The van der Waals surface area contributed by atoms with Crippen LogP contribution in [-0.2, 0) is 6.54 Å². The van der Waals surface area contributed by atoms with Gasteiger partial charge in [0, 0.05) is 29.1 Å². The van der Waals surface area contributed by atoms with Gasteiger partial charge in [0.1, 0.15) is 4.83 Å². The van der Waals surface area contributed by atoms with E-state index in [4.69, 9.17) is 4.98 Å². The molecule has 4 nitrogen and oxygen atoms in total. The first kappa shape index (κ1) is 16.2. The van der Waals surface area contributed by atoms with E-state index < -0.39 is 0 Å². The molecule has 0 saturated carbocycles. The van der Waals surface area contributed by atoms with E-state index in [0.717, 1.165) is 31.4 Å². The molecule has 0 aliphatic heterocycles. The van der Waals surface area contributed by atoms with Gasteiger partial charge in [-0.25, -0.2) is 4.98 Å². The maximum absolute atomic E-state index is 12.8. The Labute approximate surface area is 143 Å². The summed E-state index contributed by atoms with van der Waals surface area (Å²) in [5.74, 6) is 0. The summed E-state index contributed by atoms with van der Waals surface area (Å²) in [6.45, 7) is 8.77. The van der Waals surface area contributed by atoms with Crippen molar-refractivity contribution in [3.8, 4) is 0 Å². The fraction of sp³-hybridized carbons (Fsp3) is 0.353. The highest BCUT2D eigenvalue weighted by atomic mass is 32.2. The zero-order chi connectivity index (χ0) is 16.6. The predicted molar refractivity (Wildman–Crippen MR) is 97.5 cm³/mol. The number of hydrogen-bond donors (Lipinski definition) is 0. The Kier molecular flexibility index (Phi) is 4.55. The number of hydrogen-bond acceptors (Lipinski definition) is 5. The number of aromatic nitrogens is 3. The SMILES string of the molecule is CCn1c(S[C@@H](C)c2cccnc2)nc2sc(C)c(C)c2c1=O. The third kappa shape index (κ3) is 2.93. The lowest BCUT2D eigenvalue weighted by molar-refractivity contribution is 0.634. The average molecular weight is 345 g/mol. The molecule has 120 valence electrons. The number of rotatable bonds is 4. The van der Waals surface area contributed by atoms with Crippen LogP contribution in [0.25, 0.3) is 10.2 Å². The second-order valence-corrected chi connectivity index (χ2v) is 7.96. The topological polar surface area (TPSA) is 47.8 Å². The molecule has 0 amide bonds. The highest BCUT2D eigenvalue weighted by Gasteiger charge is 2.18. The highest BCUT2D eigenvalue weighted by Crippen LogP contribution is 2.35. The van der Waals surface area contributed by atoms with Crippen molar-refractivity contribution in [2.45, 2.75) is 44.6 Å². The molecule has 0 radical (unpaired) electrons. The minimum Gasteiger partial charge on any atom is -0.287 e. The van der Waals surface area contributed by atoms with Gasteiger partial charge in [0.15, 0.2) is 5.16 Å². The lowest BCUT2D eigenvalue weighted by Gasteiger charge is -2.14. The number of thiophene rings is 1. The maximum Gasteiger partial charge on any atom is 0.263 e. The van der Waals surface area contributed by atoms with Gasteiger partial charge in [-0.3, -0.25) is 14.3 Å². The molecule has 3 rings (SSSR count). The standard InChI is InChI=1S/C17H19N3OS2/c1-5-20-16(21)14-10(2)11(3)22-15(14)19-17(20)23-12(4)13-7-6-8-18-9-13/h6-9,12H,5H2,1-4H3/t12-/m0/s1. The van der Waals surface area contributed by atoms with E-state index in [1.807, 2.05) is 33.0 Å². The van der Waals surface area contributed by atoms with Crippen LogP contribution in [0, 0.1) is 13.8 Å². The summed E-state index contributed by atoms with van der Waals surface area (Å²) in [6, 6.07) is 3.99. The molecule has 0 aliphatic carbocycles. The van der Waals surface area contributed by atoms with Gasteiger partial charge in [0.25, 0.3) is 5.56 Å². The molecule has 6 heteroatoms. The Hall–Kier alpha value is -1.66. The third-order valence-corrected chi connectivity index (χ3v) is 6.26. The molecule has 0 N–H and O–H groups in total. The van der Waals surface area contributed by atoms with Gasteiger partial charge in [-0.15, -0.1) is 11.3 Å². The molecule has 0 aromatic carbocycles. The second kappa shape index (κ2) is 6.45. The van der Waals surface area contributed by atoms with Crippen molar-refractivity contribution in [3.63, 3.8) is 0 Å². The number of fused-ring (bicyclic) bond motifs is 1. The van der Waals surface area contributed by atoms with Gasteiger partial charge in [0.05, 0.1) is 5.39 Å². The molecular weight excluding hydrogens is 326 g/mol. The van der Waals surface area contributed by atoms with Crippen LogP contribution >= 0.6 is 23.1 Å². The fourth-order valence-electron chi connectivity index (χ4n) is 2.52. The molecule has 3 aromatic rings. The van der Waals surface area contributed by atoms with E-state index in [1.165, 1.54) is 0 Å². The molecule has 1 atom stereocenters. The van der Waals surface area contributed by atoms with Crippen molar-refractivity contribution in [1.82, 2.24) is 14.5 Å². The van der Waals surface area contributed by atoms with E-state index in [2.05, 4.69) is 18.0 Å². The van der Waals surface area contributed by atoms with Crippen LogP contribution in [0.2, 0.25) is 0 Å². The van der Waals surface area contributed by atoms with Crippen molar-refractivity contribution in [2.24, 2.45) is 0 Å². The highest BCUT2D eigenvalue weighted by molar-refractivity contribution is 7.99. The minimum absolute atomic E-state index is 0.0697. The average Bonchev–Trinajstić information content (AvgIpc) is 2.83. The van der Waals surface area contributed by atoms with E-state index in [-0.39, 0.29) is 10.8 Å². The van der Waals surface area contributed by atoms with Crippen LogP contribution < -0.4 is 5.56 Å². The largest absolute Gasteiger partial charge is 0.287 e. The summed E-state index contributed by atoms with van der Waals surface area (Å²) in [5.41, 5.74) is 2.26. The molecule has 0 unspecified atom stereocenters. The minimum atomic E-state index is 0.0697. The summed E-state index contributed by atoms with van der Waals surface area (Å²) in [7, 11) is 0. The Morgan fingerprint density at radius 1 is 1.39 bits per heavy atom. The monoisotopic (exact) mass is 345 g/mol. The van der Waals surface area contributed by atoms with Crippen molar-refractivity contribution < 1.29 is 0 Å². The van der Waals surface area contributed by atoms with Crippen LogP contribution in [0.1, 0.15) is 35.1 Å². The first-order chi connectivity index (χ1) is 11.0. The van der Waals surface area contributed by atoms with Crippen LogP contribution in [0.5, 0.6) is 0 Å². The summed E-state index contributed by atoms with van der Waals surface area (Å²) in [5, 5.41) is 1.74. The van der Waals surface area contributed by atoms with Crippen LogP contribution in [0.15, 0.2) is 34.5 Å². The summed E-state index contributed by atoms with van der Waals surface area (Å²) < 4.78 is 1.78. The number of thioether (sulfide) groups is 1. The molecule has 3 heterocycles. The molecule has 0 bridgehead atoms. The van der Waals surface area contributed by atoms with Gasteiger partial charge >= 0.3 is 0 Å². The summed E-state index contributed by atoms with van der Waals surface area (Å²) in [4.78, 5) is 23.8. The molecule has 0 spiro atoms. The molecule has 23 heavy (non-hydrogen) atoms. The zero-order valence-corrected chi connectivity index (χ0v) is 15.3. The lowest BCUT2D eigenvalue weighted by Crippen LogP contribution is -2.22. The van der Waals surface area contributed by atoms with Crippen LogP contribution in [-0.4, -0.2) is 14.5 Å². The summed E-state index contributed by atoms with van der Waals surface area (Å²) >= 11 is 3.21. The molecule has 0 aliphatic rings. The van der Waals surface area contributed by atoms with Gasteiger partial charge < -0.3 is 0 Å². The predicted octanol–water partition coefficient (Wildman–Crippen LogP) is 4.34. The Morgan fingerprint density at radius 2 is 2.17 bits per heavy atom. The van der Waals surface area contributed by atoms with Gasteiger partial charge in [-0.2, -0.15) is 0 Å². The van der Waals surface area contributed by atoms with E-state index >= 15 is 0 Å². The van der Waals surface area contributed by atoms with Gasteiger partial charge in [-0.1, -0.05) is 17.8 Å². The Morgan fingerprint density at radius 3 is 2.83 bits per heavy atom. The fourth-order valence-corrected chi connectivity index (χ4v) is 4.67. The normalized spacial score (nSPS) is 12.7. The van der Waals surface area contributed by atoms with Crippen molar-refractivity contribution >= 4 is 33.3 Å². The van der Waals surface area contributed by atoms with Gasteiger partial charge in [0.2, 0.25) is 0 Å². The van der Waals surface area contributed by atoms with Crippen molar-refractivity contribution in [1.29, 1.82) is 0 Å². The smallest absolute Gasteiger partial charge is 0.263 e. The first-order valence-corrected chi connectivity index (χ1v) is 9.29. The van der Waals surface area contributed by atoms with Crippen LogP contribution in [0.4, 0.5) is 0 Å². The molecule has 0 fully saturated rings. The first-order valence-electron chi connectivity index (χ1n) is 7.60. The van der Waals surface area contributed by atoms with Crippen molar-refractivity contribution in [2.75, 3.05) is 0 Å². The van der Waals surface area contributed by atoms with Gasteiger partial charge in [-0.05, 0) is 44.9 Å². The third-order valence-electron chi connectivity index (χ3n) is 4.01. The van der Waals surface area contributed by atoms with Crippen molar-refractivity contribution in [3.05, 3.63) is 50.9 Å². The number of aryl methyl sites for hydroxylation is 2. The van der Waals surface area contributed by atoms with E-state index in [9.17, 15) is 4.79 Å². The molecule has 3 aromatic heterocycles. The number of pyridine rings is 1. The Balaban J connectivity index is 2.09. The van der Waals surface area contributed by atoms with E-state index in [0.29, 0.717) is 6.54 Å². The molecular formula is C17H19N3OS2. The second-order valence-electron chi connectivity index (χ2n) is 5.45.